The van der Waals surface area contributed by atoms with Crippen LogP contribution >= 0.6 is 0 Å². The molecule has 2 heteroatoms. The third-order valence-electron chi connectivity index (χ3n) is 4.07. The van der Waals surface area contributed by atoms with Gasteiger partial charge in [0, 0.05) is 11.1 Å². The summed E-state index contributed by atoms with van der Waals surface area (Å²) in [6.45, 7) is 3.91. The quantitative estimate of drug-likeness (QED) is 0.665. The van der Waals surface area contributed by atoms with E-state index in [1.54, 1.807) is 12.1 Å². The molecule has 0 heterocycles. The van der Waals surface area contributed by atoms with E-state index in [-0.39, 0.29) is 17.4 Å². The highest BCUT2D eigenvalue weighted by Gasteiger charge is 2.16. The minimum atomic E-state index is 0.0542. The number of hydrogen-bond acceptors (Lipinski definition) is 2. The Morgan fingerprint density at radius 2 is 1.22 bits per heavy atom. The first-order valence-corrected chi connectivity index (χ1v) is 7.78. The van der Waals surface area contributed by atoms with Crippen LogP contribution in [0.2, 0.25) is 0 Å². The van der Waals surface area contributed by atoms with Gasteiger partial charge in [-0.25, -0.2) is 0 Å². The SMILES string of the molecule is CC(C)c1c(O)ccc(-c2ccc(-c3ccccc3)cc2)c1O. The van der Waals surface area contributed by atoms with Crippen LogP contribution in [0.4, 0.5) is 0 Å². The van der Waals surface area contributed by atoms with Gasteiger partial charge in [-0.05, 0) is 34.7 Å². The van der Waals surface area contributed by atoms with Crippen molar-refractivity contribution in [3.05, 3.63) is 72.3 Å². The molecule has 116 valence electrons. The predicted octanol–water partition coefficient (Wildman–Crippen LogP) is 5.56. The molecule has 0 unspecified atom stereocenters. The van der Waals surface area contributed by atoms with E-state index in [1.807, 2.05) is 56.3 Å². The topological polar surface area (TPSA) is 40.5 Å². The number of aromatic hydroxyl groups is 2. The third-order valence-corrected chi connectivity index (χ3v) is 4.07. The van der Waals surface area contributed by atoms with Crippen molar-refractivity contribution in [1.29, 1.82) is 0 Å². The Morgan fingerprint density at radius 3 is 1.83 bits per heavy atom. The second-order valence-corrected chi connectivity index (χ2v) is 5.99. The summed E-state index contributed by atoms with van der Waals surface area (Å²) in [4.78, 5) is 0. The summed E-state index contributed by atoms with van der Waals surface area (Å²) in [5.74, 6) is 0.355. The summed E-state index contributed by atoms with van der Waals surface area (Å²) in [5, 5.41) is 20.5. The van der Waals surface area contributed by atoms with Gasteiger partial charge in [0.1, 0.15) is 11.5 Å². The number of hydrogen-bond donors (Lipinski definition) is 2. The maximum Gasteiger partial charge on any atom is 0.130 e. The molecule has 0 spiro atoms. The summed E-state index contributed by atoms with van der Waals surface area (Å²) in [5.41, 5.74) is 4.57. The van der Waals surface area contributed by atoms with Crippen molar-refractivity contribution in [2.24, 2.45) is 0 Å². The Hall–Kier alpha value is -2.74. The van der Waals surface area contributed by atoms with Gasteiger partial charge >= 0.3 is 0 Å². The lowest BCUT2D eigenvalue weighted by Gasteiger charge is -2.15. The Balaban J connectivity index is 2.02. The van der Waals surface area contributed by atoms with E-state index in [0.717, 1.165) is 22.3 Å². The Morgan fingerprint density at radius 1 is 0.652 bits per heavy atom. The first-order valence-electron chi connectivity index (χ1n) is 7.78. The van der Waals surface area contributed by atoms with E-state index < -0.39 is 0 Å². The van der Waals surface area contributed by atoms with Gasteiger partial charge in [0.15, 0.2) is 0 Å². The van der Waals surface area contributed by atoms with Crippen LogP contribution in [-0.4, -0.2) is 10.2 Å². The lowest BCUT2D eigenvalue weighted by atomic mass is 9.94. The zero-order valence-electron chi connectivity index (χ0n) is 13.3. The molecule has 3 rings (SSSR count). The summed E-state index contributed by atoms with van der Waals surface area (Å²) in [6, 6.07) is 21.7. The summed E-state index contributed by atoms with van der Waals surface area (Å²) >= 11 is 0. The van der Waals surface area contributed by atoms with Gasteiger partial charge in [0.25, 0.3) is 0 Å². The smallest absolute Gasteiger partial charge is 0.130 e. The molecule has 0 saturated carbocycles. The van der Waals surface area contributed by atoms with Gasteiger partial charge in [-0.1, -0.05) is 68.4 Å². The van der Waals surface area contributed by atoms with Gasteiger partial charge < -0.3 is 10.2 Å². The molecule has 0 aromatic heterocycles. The van der Waals surface area contributed by atoms with Crippen molar-refractivity contribution < 1.29 is 10.2 Å². The maximum absolute atomic E-state index is 10.5. The normalized spacial score (nSPS) is 10.9. The van der Waals surface area contributed by atoms with Gasteiger partial charge in [0.2, 0.25) is 0 Å². The third kappa shape index (κ3) is 2.93. The van der Waals surface area contributed by atoms with Gasteiger partial charge in [0.05, 0.1) is 0 Å². The molecule has 3 aromatic carbocycles. The highest BCUT2D eigenvalue weighted by molar-refractivity contribution is 5.76. The predicted molar refractivity (Wildman–Crippen MR) is 94.7 cm³/mol. The molecule has 0 bridgehead atoms. The van der Waals surface area contributed by atoms with E-state index in [1.165, 1.54) is 0 Å². The number of phenols is 2. The number of rotatable bonds is 3. The monoisotopic (exact) mass is 304 g/mol. The van der Waals surface area contributed by atoms with Crippen molar-refractivity contribution in [1.82, 2.24) is 0 Å². The van der Waals surface area contributed by atoms with Crippen molar-refractivity contribution in [3.63, 3.8) is 0 Å². The summed E-state index contributed by atoms with van der Waals surface area (Å²) < 4.78 is 0. The van der Waals surface area contributed by atoms with Crippen LogP contribution in [0.15, 0.2) is 66.7 Å². The van der Waals surface area contributed by atoms with E-state index in [2.05, 4.69) is 12.1 Å². The highest BCUT2D eigenvalue weighted by atomic mass is 16.3. The van der Waals surface area contributed by atoms with Gasteiger partial charge in [-0.3, -0.25) is 0 Å². The number of benzene rings is 3. The van der Waals surface area contributed by atoms with Gasteiger partial charge in [-0.15, -0.1) is 0 Å². The van der Waals surface area contributed by atoms with Gasteiger partial charge in [-0.2, -0.15) is 0 Å². The molecule has 2 nitrogen and oxygen atoms in total. The first-order chi connectivity index (χ1) is 11.1. The van der Waals surface area contributed by atoms with Crippen LogP contribution in [0, 0.1) is 0 Å². The molecule has 0 saturated heterocycles. The molecule has 0 amide bonds. The summed E-state index contributed by atoms with van der Waals surface area (Å²) in [6.07, 6.45) is 0. The standard InChI is InChI=1S/C21H20O2/c1-14(2)20-19(22)13-12-18(21(20)23)17-10-8-16(9-11-17)15-6-4-3-5-7-15/h3-14,22-23H,1-2H3. The maximum atomic E-state index is 10.5. The van der Waals surface area contributed by atoms with E-state index in [0.29, 0.717) is 5.56 Å². The molecule has 23 heavy (non-hydrogen) atoms. The Bertz CT molecular complexity index is 803. The van der Waals surface area contributed by atoms with Crippen LogP contribution in [0.25, 0.3) is 22.3 Å². The molecule has 0 fully saturated rings. The Labute approximate surface area is 136 Å². The molecule has 0 aliphatic heterocycles. The zero-order chi connectivity index (χ0) is 16.4. The van der Waals surface area contributed by atoms with Crippen LogP contribution in [0.1, 0.15) is 25.3 Å². The molecule has 0 aliphatic rings. The lowest BCUT2D eigenvalue weighted by molar-refractivity contribution is 0.434. The molecular formula is C21H20O2. The number of phenolic OH excluding ortho intramolecular Hbond substituents is 2. The van der Waals surface area contributed by atoms with E-state index in [9.17, 15) is 10.2 Å². The van der Waals surface area contributed by atoms with E-state index >= 15 is 0 Å². The zero-order valence-corrected chi connectivity index (χ0v) is 13.3. The second kappa shape index (κ2) is 6.17. The molecule has 3 aromatic rings. The van der Waals surface area contributed by atoms with Crippen LogP contribution < -0.4 is 0 Å². The van der Waals surface area contributed by atoms with Crippen LogP contribution in [0.5, 0.6) is 11.5 Å². The average molecular weight is 304 g/mol. The highest BCUT2D eigenvalue weighted by Crippen LogP contribution is 2.41. The fourth-order valence-electron chi connectivity index (χ4n) is 2.87. The van der Waals surface area contributed by atoms with E-state index in [4.69, 9.17) is 0 Å². The average Bonchev–Trinajstić information content (AvgIpc) is 2.56. The Kier molecular flexibility index (Phi) is 4.07. The van der Waals surface area contributed by atoms with Crippen molar-refractivity contribution in [2.45, 2.75) is 19.8 Å². The molecule has 0 atom stereocenters. The van der Waals surface area contributed by atoms with Crippen molar-refractivity contribution >= 4 is 0 Å². The minimum Gasteiger partial charge on any atom is -0.508 e. The fraction of sp³-hybridized carbons (Fsp3) is 0.143. The molecule has 2 N–H and O–H groups in total. The van der Waals surface area contributed by atoms with Crippen molar-refractivity contribution in [2.75, 3.05) is 0 Å². The molecule has 0 radical (unpaired) electrons. The fourth-order valence-corrected chi connectivity index (χ4v) is 2.87. The molecular weight excluding hydrogens is 284 g/mol. The van der Waals surface area contributed by atoms with Crippen molar-refractivity contribution in [3.8, 4) is 33.8 Å². The minimum absolute atomic E-state index is 0.0542. The first kappa shape index (κ1) is 15.2. The molecule has 0 aliphatic carbocycles. The lowest BCUT2D eigenvalue weighted by Crippen LogP contribution is -1.92. The van der Waals surface area contributed by atoms with Crippen LogP contribution in [0.3, 0.4) is 0 Å². The van der Waals surface area contributed by atoms with Crippen LogP contribution in [-0.2, 0) is 0 Å². The second-order valence-electron chi connectivity index (χ2n) is 5.99. The largest absolute Gasteiger partial charge is 0.508 e. The summed E-state index contributed by atoms with van der Waals surface area (Å²) in [7, 11) is 0.